The third-order valence-corrected chi connectivity index (χ3v) is 5.51. The van der Waals surface area contributed by atoms with Gasteiger partial charge in [-0.3, -0.25) is 19.2 Å². The molecule has 8 nitrogen and oxygen atoms in total. The lowest BCUT2D eigenvalue weighted by molar-refractivity contribution is -0.126. The molecule has 0 saturated heterocycles. The minimum absolute atomic E-state index is 0.00845. The van der Waals surface area contributed by atoms with Crippen molar-refractivity contribution in [3.8, 4) is 0 Å². The third-order valence-electron chi connectivity index (χ3n) is 5.51. The van der Waals surface area contributed by atoms with Crippen molar-refractivity contribution in [1.82, 2.24) is 15.1 Å². The number of anilines is 1. The molecule has 1 N–H and O–H groups in total. The Kier molecular flexibility index (Phi) is 5.95. The summed E-state index contributed by atoms with van der Waals surface area (Å²) in [4.78, 5) is 40.4. The lowest BCUT2D eigenvalue weighted by atomic mass is 9.94. The SMILES string of the molecule is CCOC(=O)c1cc2n(n1)CC(C)(C(=O)NCc1ccccc1)N(c1ccc(F)cc1)C2=O. The predicted octanol–water partition coefficient (Wildman–Crippen LogP) is 2.93. The van der Waals surface area contributed by atoms with Crippen LogP contribution in [0.1, 0.15) is 40.4 Å². The molecule has 9 heteroatoms. The average molecular weight is 450 g/mol. The van der Waals surface area contributed by atoms with Crippen LogP contribution in [0.2, 0.25) is 0 Å². The summed E-state index contributed by atoms with van der Waals surface area (Å²) in [5, 5.41) is 7.09. The van der Waals surface area contributed by atoms with Crippen molar-refractivity contribution < 1.29 is 23.5 Å². The number of fused-ring (bicyclic) bond motifs is 1. The van der Waals surface area contributed by atoms with Gasteiger partial charge in [0.25, 0.3) is 5.91 Å². The molecule has 0 saturated carbocycles. The number of carbonyl (C=O) groups is 3. The first-order valence-corrected chi connectivity index (χ1v) is 10.5. The van der Waals surface area contributed by atoms with Crippen molar-refractivity contribution in [2.45, 2.75) is 32.5 Å². The van der Waals surface area contributed by atoms with Crippen LogP contribution in [0.25, 0.3) is 0 Å². The van der Waals surface area contributed by atoms with Crippen LogP contribution in [-0.4, -0.2) is 39.7 Å². The van der Waals surface area contributed by atoms with Crippen LogP contribution in [-0.2, 0) is 22.6 Å². The topological polar surface area (TPSA) is 93.5 Å². The monoisotopic (exact) mass is 450 g/mol. The van der Waals surface area contributed by atoms with Gasteiger partial charge in [-0.05, 0) is 43.7 Å². The van der Waals surface area contributed by atoms with E-state index in [9.17, 15) is 18.8 Å². The van der Waals surface area contributed by atoms with Gasteiger partial charge in [0.05, 0.1) is 13.2 Å². The Morgan fingerprint density at radius 2 is 1.85 bits per heavy atom. The van der Waals surface area contributed by atoms with Crippen LogP contribution >= 0.6 is 0 Å². The number of benzene rings is 2. The molecule has 0 bridgehead atoms. The number of hydrogen-bond donors (Lipinski definition) is 1. The zero-order valence-electron chi connectivity index (χ0n) is 18.2. The Balaban J connectivity index is 1.72. The first-order chi connectivity index (χ1) is 15.8. The lowest BCUT2D eigenvalue weighted by Crippen LogP contribution is -2.64. The van der Waals surface area contributed by atoms with Crippen molar-refractivity contribution >= 4 is 23.5 Å². The van der Waals surface area contributed by atoms with Crippen LogP contribution in [0.4, 0.5) is 10.1 Å². The standard InChI is InChI=1S/C24H23FN4O4/c1-3-33-22(31)19-13-20-21(30)29(18-11-9-17(25)10-12-18)24(2,15-28(20)27-19)23(32)26-14-16-7-5-4-6-8-16/h4-13H,3,14-15H2,1-2H3,(H,26,32). The average Bonchev–Trinajstić information content (AvgIpc) is 3.24. The Morgan fingerprint density at radius 1 is 1.15 bits per heavy atom. The van der Waals surface area contributed by atoms with E-state index in [1.54, 1.807) is 13.8 Å². The number of nitrogens with one attached hydrogen (secondary N) is 1. The second-order valence-corrected chi connectivity index (χ2v) is 7.85. The molecular weight excluding hydrogens is 427 g/mol. The summed E-state index contributed by atoms with van der Waals surface area (Å²) < 4.78 is 19.9. The molecule has 2 aromatic carbocycles. The third kappa shape index (κ3) is 4.21. The number of amides is 2. The van der Waals surface area contributed by atoms with E-state index in [4.69, 9.17) is 4.74 Å². The molecule has 170 valence electrons. The summed E-state index contributed by atoms with van der Waals surface area (Å²) in [6.07, 6.45) is 0. The predicted molar refractivity (Wildman–Crippen MR) is 118 cm³/mol. The van der Waals surface area contributed by atoms with Gasteiger partial charge in [0.15, 0.2) is 5.69 Å². The number of nitrogens with zero attached hydrogens (tertiary/aromatic N) is 3. The maximum atomic E-state index is 13.6. The van der Waals surface area contributed by atoms with Crippen LogP contribution in [0.5, 0.6) is 0 Å². The largest absolute Gasteiger partial charge is 0.461 e. The summed E-state index contributed by atoms with van der Waals surface area (Å²) in [5.41, 5.74) is -0.0311. The van der Waals surface area contributed by atoms with Gasteiger partial charge >= 0.3 is 5.97 Å². The molecule has 1 aromatic heterocycles. The van der Waals surface area contributed by atoms with E-state index in [-0.39, 0.29) is 31.1 Å². The summed E-state index contributed by atoms with van der Waals surface area (Å²) in [7, 11) is 0. The van der Waals surface area contributed by atoms with Gasteiger partial charge in [-0.2, -0.15) is 5.10 Å². The summed E-state index contributed by atoms with van der Waals surface area (Å²) >= 11 is 0. The lowest BCUT2D eigenvalue weighted by Gasteiger charge is -2.43. The Bertz CT molecular complexity index is 1190. The first kappa shape index (κ1) is 22.2. The van der Waals surface area contributed by atoms with Crippen molar-refractivity contribution in [3.63, 3.8) is 0 Å². The van der Waals surface area contributed by atoms with E-state index < -0.39 is 29.1 Å². The number of hydrogen-bond acceptors (Lipinski definition) is 5. The van der Waals surface area contributed by atoms with Crippen LogP contribution < -0.4 is 10.2 Å². The second-order valence-electron chi connectivity index (χ2n) is 7.85. The molecule has 3 aromatic rings. The summed E-state index contributed by atoms with van der Waals surface area (Å²) in [6, 6.07) is 16.0. The van der Waals surface area contributed by atoms with Crippen molar-refractivity contribution in [2.75, 3.05) is 11.5 Å². The Morgan fingerprint density at radius 3 is 2.52 bits per heavy atom. The van der Waals surface area contributed by atoms with Crippen molar-refractivity contribution in [2.24, 2.45) is 0 Å². The molecule has 0 spiro atoms. The minimum Gasteiger partial charge on any atom is -0.461 e. The molecule has 0 fully saturated rings. The highest BCUT2D eigenvalue weighted by Crippen LogP contribution is 2.33. The number of halogens is 1. The summed E-state index contributed by atoms with van der Waals surface area (Å²) in [5.74, 6) is -2.07. The fraction of sp³-hybridized carbons (Fsp3) is 0.250. The van der Waals surface area contributed by atoms with E-state index in [0.29, 0.717) is 5.69 Å². The quantitative estimate of drug-likeness (QED) is 0.583. The van der Waals surface area contributed by atoms with Crippen molar-refractivity contribution in [1.29, 1.82) is 0 Å². The normalized spacial score (nSPS) is 17.4. The van der Waals surface area contributed by atoms with Crippen LogP contribution in [0.3, 0.4) is 0 Å². The van der Waals surface area contributed by atoms with E-state index in [1.165, 1.54) is 39.9 Å². The molecule has 1 unspecified atom stereocenters. The van der Waals surface area contributed by atoms with E-state index >= 15 is 0 Å². The van der Waals surface area contributed by atoms with E-state index in [2.05, 4.69) is 10.4 Å². The molecule has 1 aliphatic rings. The molecule has 1 atom stereocenters. The van der Waals surface area contributed by atoms with Gasteiger partial charge in [-0.1, -0.05) is 30.3 Å². The molecule has 33 heavy (non-hydrogen) atoms. The Hall–Kier alpha value is -4.01. The van der Waals surface area contributed by atoms with Gasteiger partial charge in [-0.15, -0.1) is 0 Å². The van der Waals surface area contributed by atoms with Gasteiger partial charge in [-0.25, -0.2) is 9.18 Å². The number of carbonyl (C=O) groups excluding carboxylic acids is 3. The van der Waals surface area contributed by atoms with E-state index in [1.807, 2.05) is 30.3 Å². The highest BCUT2D eigenvalue weighted by atomic mass is 19.1. The highest BCUT2D eigenvalue weighted by Gasteiger charge is 2.49. The molecule has 2 amide bonds. The highest BCUT2D eigenvalue weighted by molar-refractivity contribution is 6.12. The van der Waals surface area contributed by atoms with Gasteiger partial charge in [0, 0.05) is 18.3 Å². The molecule has 1 aliphatic heterocycles. The van der Waals surface area contributed by atoms with Crippen LogP contribution in [0.15, 0.2) is 60.7 Å². The maximum absolute atomic E-state index is 13.6. The van der Waals surface area contributed by atoms with Crippen molar-refractivity contribution in [3.05, 3.63) is 83.4 Å². The second kappa shape index (κ2) is 8.85. The molecule has 0 radical (unpaired) electrons. The fourth-order valence-corrected chi connectivity index (χ4v) is 3.85. The molecule has 0 aliphatic carbocycles. The minimum atomic E-state index is -1.39. The fourth-order valence-electron chi connectivity index (χ4n) is 3.85. The Labute approximate surface area is 190 Å². The smallest absolute Gasteiger partial charge is 0.358 e. The maximum Gasteiger partial charge on any atom is 0.358 e. The molecule has 4 rings (SSSR count). The number of ether oxygens (including phenoxy) is 1. The zero-order chi connectivity index (χ0) is 23.6. The van der Waals surface area contributed by atoms with E-state index in [0.717, 1.165) is 5.56 Å². The number of aromatic nitrogens is 2. The van der Waals surface area contributed by atoms with Crippen LogP contribution in [0, 0.1) is 5.82 Å². The van der Waals surface area contributed by atoms with Gasteiger partial charge in [0.1, 0.15) is 17.1 Å². The molecule has 2 heterocycles. The first-order valence-electron chi connectivity index (χ1n) is 10.5. The summed E-state index contributed by atoms with van der Waals surface area (Å²) in [6.45, 7) is 3.70. The molecular formula is C24H23FN4O4. The zero-order valence-corrected chi connectivity index (χ0v) is 18.2. The van der Waals surface area contributed by atoms with Gasteiger partial charge in [0.2, 0.25) is 5.91 Å². The number of esters is 1. The number of rotatable bonds is 6. The van der Waals surface area contributed by atoms with Gasteiger partial charge < -0.3 is 10.1 Å².